The molecule has 2 aromatic heterocycles. The smallest absolute Gasteiger partial charge is 0.307 e. The van der Waals surface area contributed by atoms with Crippen molar-refractivity contribution >= 4 is 0 Å². The molecular weight excluding hydrogens is 290 g/mol. The first-order chi connectivity index (χ1) is 9.82. The Balaban J connectivity index is 1.97. The average molecular weight is 305 g/mol. The van der Waals surface area contributed by atoms with Crippen molar-refractivity contribution in [2.24, 2.45) is 7.05 Å². The summed E-state index contributed by atoms with van der Waals surface area (Å²) in [7, 11) is 1.43. The fourth-order valence-corrected chi connectivity index (χ4v) is 1.88. The van der Waals surface area contributed by atoms with E-state index in [9.17, 15) is 17.6 Å². The van der Waals surface area contributed by atoms with Crippen LogP contribution < -0.4 is 5.32 Å². The zero-order chi connectivity index (χ0) is 15.6. The number of hydrogen-bond donors (Lipinski definition) is 1. The van der Waals surface area contributed by atoms with E-state index in [4.69, 9.17) is 0 Å². The Morgan fingerprint density at radius 3 is 2.52 bits per heavy atom. The number of aryl methyl sites for hydroxylation is 2. The summed E-state index contributed by atoms with van der Waals surface area (Å²) < 4.78 is 53.6. The molecule has 0 aromatic carbocycles. The van der Waals surface area contributed by atoms with E-state index in [0.717, 1.165) is 10.7 Å². The topological polar surface area (TPSA) is 47.7 Å². The fraction of sp³-hybridized carbons (Fsp3) is 0.500. The van der Waals surface area contributed by atoms with E-state index < -0.39 is 17.8 Å². The number of rotatable bonds is 5. The van der Waals surface area contributed by atoms with Gasteiger partial charge in [-0.25, -0.2) is 4.68 Å². The second-order valence-corrected chi connectivity index (χ2v) is 4.52. The zero-order valence-corrected chi connectivity index (χ0v) is 11.6. The molecule has 2 aromatic rings. The van der Waals surface area contributed by atoms with Crippen molar-refractivity contribution in [3.8, 4) is 0 Å². The third kappa shape index (κ3) is 3.41. The molecule has 2 rings (SSSR count). The minimum absolute atomic E-state index is 0.149. The first kappa shape index (κ1) is 15.5. The van der Waals surface area contributed by atoms with E-state index in [1.54, 1.807) is 6.92 Å². The summed E-state index contributed by atoms with van der Waals surface area (Å²) in [4.78, 5) is 0. The maximum absolute atomic E-state index is 13.7. The highest BCUT2D eigenvalue weighted by Gasteiger charge is 2.34. The average Bonchev–Trinajstić information content (AvgIpc) is 2.94. The Morgan fingerprint density at radius 1 is 1.29 bits per heavy atom. The third-order valence-electron chi connectivity index (χ3n) is 3.03. The summed E-state index contributed by atoms with van der Waals surface area (Å²) in [6, 6.07) is 0.971. The first-order valence-electron chi connectivity index (χ1n) is 6.34. The lowest BCUT2D eigenvalue weighted by molar-refractivity contribution is -0.141. The van der Waals surface area contributed by atoms with Gasteiger partial charge in [0, 0.05) is 32.2 Å². The molecule has 0 amide bonds. The summed E-state index contributed by atoms with van der Waals surface area (Å²) in [6.07, 6.45) is -3.07. The van der Waals surface area contributed by atoms with Gasteiger partial charge in [0.25, 0.3) is 0 Å². The lowest BCUT2D eigenvalue weighted by Gasteiger charge is -2.04. The van der Waals surface area contributed by atoms with Crippen molar-refractivity contribution in [2.45, 2.75) is 32.7 Å². The normalized spacial score (nSPS) is 12.1. The summed E-state index contributed by atoms with van der Waals surface area (Å²) >= 11 is 0. The first-order valence-corrected chi connectivity index (χ1v) is 6.34. The van der Waals surface area contributed by atoms with Crippen LogP contribution >= 0.6 is 0 Å². The van der Waals surface area contributed by atoms with Gasteiger partial charge in [-0.2, -0.15) is 27.8 Å². The molecule has 0 bridgehead atoms. The van der Waals surface area contributed by atoms with Crippen molar-refractivity contribution in [2.75, 3.05) is 0 Å². The van der Waals surface area contributed by atoms with Gasteiger partial charge in [-0.05, 0) is 13.0 Å². The van der Waals surface area contributed by atoms with Crippen LogP contribution in [0, 0.1) is 5.95 Å². The number of nitrogens with zero attached hydrogens (tertiary/aromatic N) is 4. The van der Waals surface area contributed by atoms with Crippen LogP contribution in [0.5, 0.6) is 0 Å². The Kier molecular flexibility index (Phi) is 4.31. The molecule has 5 nitrogen and oxygen atoms in total. The lowest BCUT2D eigenvalue weighted by Crippen LogP contribution is -2.16. The highest BCUT2D eigenvalue weighted by atomic mass is 19.4. The summed E-state index contributed by atoms with van der Waals surface area (Å²) in [6.45, 7) is 2.51. The van der Waals surface area contributed by atoms with Gasteiger partial charge < -0.3 is 5.32 Å². The van der Waals surface area contributed by atoms with Crippen molar-refractivity contribution in [3.05, 3.63) is 35.2 Å². The molecule has 0 unspecified atom stereocenters. The van der Waals surface area contributed by atoms with Crippen LogP contribution in [-0.2, 0) is 32.9 Å². The molecule has 1 N–H and O–H groups in total. The van der Waals surface area contributed by atoms with Crippen LogP contribution in [0.3, 0.4) is 0 Å². The van der Waals surface area contributed by atoms with Crippen LogP contribution in [0.4, 0.5) is 17.6 Å². The summed E-state index contributed by atoms with van der Waals surface area (Å²) in [5, 5.41) is 10.1. The number of hydrogen-bond acceptors (Lipinski definition) is 3. The summed E-state index contributed by atoms with van der Waals surface area (Å²) in [5.41, 5.74) is -0.201. The second kappa shape index (κ2) is 5.84. The molecule has 9 heteroatoms. The Labute approximate surface area is 118 Å². The predicted octanol–water partition coefficient (Wildman–Crippen LogP) is 2.08. The minimum Gasteiger partial charge on any atom is -0.307 e. The molecule has 0 atom stereocenters. The minimum atomic E-state index is -4.47. The molecule has 21 heavy (non-hydrogen) atoms. The molecule has 116 valence electrons. The van der Waals surface area contributed by atoms with E-state index in [2.05, 4.69) is 15.5 Å². The molecule has 0 fully saturated rings. The Hall–Kier alpha value is -1.90. The molecule has 0 aliphatic carbocycles. The van der Waals surface area contributed by atoms with E-state index in [-0.39, 0.29) is 13.1 Å². The number of aromatic nitrogens is 4. The SMILES string of the molecule is CCn1ncc(CNCc2cc(C(F)(F)F)nn2C)c1F. The maximum atomic E-state index is 13.7. The van der Waals surface area contributed by atoms with Crippen molar-refractivity contribution in [3.63, 3.8) is 0 Å². The second-order valence-electron chi connectivity index (χ2n) is 4.52. The van der Waals surface area contributed by atoms with Crippen LogP contribution in [-0.4, -0.2) is 19.6 Å². The molecule has 0 saturated heterocycles. The lowest BCUT2D eigenvalue weighted by atomic mass is 10.3. The fourth-order valence-electron chi connectivity index (χ4n) is 1.88. The molecule has 0 spiro atoms. The standard InChI is InChI=1S/C12H15F4N5/c1-3-21-11(13)8(6-18-21)5-17-7-9-4-10(12(14,15)16)19-20(9)2/h4,6,17H,3,5,7H2,1-2H3. The van der Waals surface area contributed by atoms with Crippen LogP contribution in [0.25, 0.3) is 0 Å². The third-order valence-corrected chi connectivity index (χ3v) is 3.03. The predicted molar refractivity (Wildman–Crippen MR) is 66.6 cm³/mol. The van der Waals surface area contributed by atoms with Crippen LogP contribution in [0.15, 0.2) is 12.3 Å². The zero-order valence-electron chi connectivity index (χ0n) is 11.6. The van der Waals surface area contributed by atoms with E-state index in [1.165, 1.54) is 17.9 Å². The molecule has 0 aliphatic rings. The molecule has 0 radical (unpaired) electrons. The molecule has 0 saturated carbocycles. The number of alkyl halides is 3. The van der Waals surface area contributed by atoms with Gasteiger partial charge in [0.15, 0.2) is 5.69 Å². The van der Waals surface area contributed by atoms with Crippen molar-refractivity contribution in [1.82, 2.24) is 24.9 Å². The van der Waals surface area contributed by atoms with Gasteiger partial charge in [0.1, 0.15) is 0 Å². The highest BCUT2D eigenvalue weighted by Crippen LogP contribution is 2.28. The van der Waals surface area contributed by atoms with E-state index in [0.29, 0.717) is 17.8 Å². The van der Waals surface area contributed by atoms with Gasteiger partial charge in [0.2, 0.25) is 5.95 Å². The largest absolute Gasteiger partial charge is 0.435 e. The van der Waals surface area contributed by atoms with Gasteiger partial charge in [0.05, 0.1) is 11.9 Å². The summed E-state index contributed by atoms with van der Waals surface area (Å²) in [5.74, 6) is -0.439. The van der Waals surface area contributed by atoms with E-state index in [1.807, 2.05) is 0 Å². The van der Waals surface area contributed by atoms with Gasteiger partial charge >= 0.3 is 6.18 Å². The highest BCUT2D eigenvalue weighted by molar-refractivity contribution is 5.13. The van der Waals surface area contributed by atoms with Crippen LogP contribution in [0.2, 0.25) is 0 Å². The monoisotopic (exact) mass is 305 g/mol. The Bertz CT molecular complexity index is 614. The van der Waals surface area contributed by atoms with E-state index >= 15 is 0 Å². The molecule has 0 aliphatic heterocycles. The van der Waals surface area contributed by atoms with Gasteiger partial charge in [-0.3, -0.25) is 4.68 Å². The maximum Gasteiger partial charge on any atom is 0.435 e. The van der Waals surface area contributed by atoms with Gasteiger partial charge in [-0.15, -0.1) is 0 Å². The quantitative estimate of drug-likeness (QED) is 0.861. The molecule has 2 heterocycles. The number of halogens is 4. The Morgan fingerprint density at radius 2 is 2.00 bits per heavy atom. The van der Waals surface area contributed by atoms with Crippen molar-refractivity contribution < 1.29 is 17.6 Å². The molecular formula is C12H15F4N5. The van der Waals surface area contributed by atoms with Gasteiger partial charge in [-0.1, -0.05) is 0 Å². The van der Waals surface area contributed by atoms with Crippen LogP contribution in [0.1, 0.15) is 23.9 Å². The number of nitrogens with one attached hydrogen (secondary N) is 1. The van der Waals surface area contributed by atoms with Crippen molar-refractivity contribution in [1.29, 1.82) is 0 Å².